The molecule has 0 spiro atoms. The van der Waals surface area contributed by atoms with Gasteiger partial charge in [-0.3, -0.25) is 0 Å². The van der Waals surface area contributed by atoms with Crippen LogP contribution in [-0.4, -0.2) is 7.05 Å². The molecule has 2 aromatic rings. The summed E-state index contributed by atoms with van der Waals surface area (Å²) in [5, 5.41) is 6.67. The van der Waals surface area contributed by atoms with Crippen molar-refractivity contribution in [3.8, 4) is 0 Å². The third kappa shape index (κ3) is 5.00. The summed E-state index contributed by atoms with van der Waals surface area (Å²) in [5.74, 6) is 0.600. The van der Waals surface area contributed by atoms with Crippen LogP contribution in [0.15, 0.2) is 48.5 Å². The van der Waals surface area contributed by atoms with Crippen LogP contribution in [0.3, 0.4) is 0 Å². The first-order valence-electron chi connectivity index (χ1n) is 7.71. The molecule has 0 saturated heterocycles. The molecule has 0 bridgehead atoms. The van der Waals surface area contributed by atoms with Crippen molar-refractivity contribution in [3.05, 3.63) is 70.8 Å². The minimum atomic E-state index is 0.600. The van der Waals surface area contributed by atoms with Crippen LogP contribution >= 0.6 is 0 Å². The van der Waals surface area contributed by atoms with Crippen LogP contribution in [0.5, 0.6) is 0 Å². The van der Waals surface area contributed by atoms with E-state index in [9.17, 15) is 0 Å². The van der Waals surface area contributed by atoms with E-state index in [-0.39, 0.29) is 0 Å². The zero-order valence-corrected chi connectivity index (χ0v) is 13.3. The Balaban J connectivity index is 1.80. The van der Waals surface area contributed by atoms with Crippen LogP contribution in [-0.2, 0) is 19.6 Å². The Hall–Kier alpha value is -1.64. The van der Waals surface area contributed by atoms with Crippen LogP contribution in [0.2, 0.25) is 0 Å². The standard InChI is InChI=1S/C19H26N2/c1-15(2)19-10-8-18(9-11-19)14-21-13-17-6-4-16(5-7-17)12-20-3/h4-11,15,20-21H,12-14H2,1-3H3. The van der Waals surface area contributed by atoms with Crippen molar-refractivity contribution in [1.29, 1.82) is 0 Å². The van der Waals surface area contributed by atoms with Crippen LogP contribution in [0, 0.1) is 0 Å². The zero-order valence-electron chi connectivity index (χ0n) is 13.3. The van der Waals surface area contributed by atoms with E-state index in [2.05, 4.69) is 73.0 Å². The van der Waals surface area contributed by atoms with Crippen LogP contribution in [0.4, 0.5) is 0 Å². The molecule has 0 aliphatic heterocycles. The summed E-state index contributed by atoms with van der Waals surface area (Å²) >= 11 is 0. The molecule has 0 unspecified atom stereocenters. The normalized spacial score (nSPS) is 11.0. The number of nitrogens with one attached hydrogen (secondary N) is 2. The fourth-order valence-corrected chi connectivity index (χ4v) is 2.35. The Morgan fingerprint density at radius 3 is 1.57 bits per heavy atom. The van der Waals surface area contributed by atoms with Crippen molar-refractivity contribution in [2.45, 2.75) is 39.4 Å². The zero-order chi connectivity index (χ0) is 15.1. The van der Waals surface area contributed by atoms with Gasteiger partial charge in [-0.1, -0.05) is 62.4 Å². The third-order valence-electron chi connectivity index (χ3n) is 3.71. The lowest BCUT2D eigenvalue weighted by molar-refractivity contribution is 0.692. The Morgan fingerprint density at radius 1 is 0.714 bits per heavy atom. The molecule has 2 aromatic carbocycles. The van der Waals surface area contributed by atoms with E-state index in [0.29, 0.717) is 5.92 Å². The minimum absolute atomic E-state index is 0.600. The van der Waals surface area contributed by atoms with E-state index >= 15 is 0 Å². The average molecular weight is 282 g/mol. The van der Waals surface area contributed by atoms with Gasteiger partial charge in [0.25, 0.3) is 0 Å². The van der Waals surface area contributed by atoms with E-state index in [4.69, 9.17) is 0 Å². The molecule has 2 nitrogen and oxygen atoms in total. The molecule has 0 aliphatic rings. The maximum atomic E-state index is 3.50. The number of hydrogen-bond donors (Lipinski definition) is 2. The Morgan fingerprint density at radius 2 is 1.14 bits per heavy atom. The lowest BCUT2D eigenvalue weighted by atomic mass is 10.0. The highest BCUT2D eigenvalue weighted by Gasteiger charge is 1.99. The van der Waals surface area contributed by atoms with E-state index in [1.165, 1.54) is 22.3 Å². The van der Waals surface area contributed by atoms with Crippen molar-refractivity contribution >= 4 is 0 Å². The van der Waals surface area contributed by atoms with Crippen molar-refractivity contribution in [2.24, 2.45) is 0 Å². The molecule has 0 amide bonds. The number of hydrogen-bond acceptors (Lipinski definition) is 2. The molecule has 2 heteroatoms. The molecule has 0 radical (unpaired) electrons. The van der Waals surface area contributed by atoms with E-state index in [1.54, 1.807) is 0 Å². The predicted octanol–water partition coefficient (Wildman–Crippen LogP) is 3.82. The Labute approximate surface area is 128 Å². The number of rotatable bonds is 7. The van der Waals surface area contributed by atoms with Gasteiger partial charge in [0.05, 0.1) is 0 Å². The van der Waals surface area contributed by atoms with Crippen molar-refractivity contribution in [2.75, 3.05) is 7.05 Å². The van der Waals surface area contributed by atoms with Gasteiger partial charge in [0.2, 0.25) is 0 Å². The molecule has 21 heavy (non-hydrogen) atoms. The summed E-state index contributed by atoms with van der Waals surface area (Å²) in [6.07, 6.45) is 0. The monoisotopic (exact) mass is 282 g/mol. The topological polar surface area (TPSA) is 24.1 Å². The molecule has 2 rings (SSSR count). The quantitative estimate of drug-likeness (QED) is 0.806. The van der Waals surface area contributed by atoms with Gasteiger partial charge in [-0.05, 0) is 35.2 Å². The molecule has 0 aromatic heterocycles. The van der Waals surface area contributed by atoms with Crippen molar-refractivity contribution < 1.29 is 0 Å². The van der Waals surface area contributed by atoms with E-state index in [0.717, 1.165) is 19.6 Å². The maximum Gasteiger partial charge on any atom is 0.0208 e. The van der Waals surface area contributed by atoms with Crippen molar-refractivity contribution in [1.82, 2.24) is 10.6 Å². The van der Waals surface area contributed by atoms with Gasteiger partial charge in [-0.25, -0.2) is 0 Å². The summed E-state index contributed by atoms with van der Waals surface area (Å²) in [6, 6.07) is 17.7. The molecule has 0 heterocycles. The second-order valence-corrected chi connectivity index (χ2v) is 5.85. The fraction of sp³-hybridized carbons (Fsp3) is 0.368. The van der Waals surface area contributed by atoms with E-state index in [1.807, 2.05) is 7.05 Å². The molecule has 0 aliphatic carbocycles. The van der Waals surface area contributed by atoms with Gasteiger partial charge < -0.3 is 10.6 Å². The first-order chi connectivity index (χ1) is 10.2. The molecule has 0 saturated carbocycles. The highest BCUT2D eigenvalue weighted by atomic mass is 14.8. The summed E-state index contributed by atoms with van der Waals surface area (Å²) in [5.41, 5.74) is 5.39. The highest BCUT2D eigenvalue weighted by Crippen LogP contribution is 2.14. The third-order valence-corrected chi connectivity index (χ3v) is 3.71. The molecule has 0 atom stereocenters. The lowest BCUT2D eigenvalue weighted by Gasteiger charge is -2.09. The van der Waals surface area contributed by atoms with Crippen LogP contribution in [0.1, 0.15) is 42.0 Å². The summed E-state index contributed by atoms with van der Waals surface area (Å²) in [7, 11) is 1.97. The molecule has 0 fully saturated rings. The Kier molecular flexibility index (Phi) is 5.97. The fourth-order valence-electron chi connectivity index (χ4n) is 2.35. The molecular formula is C19H26N2. The Bertz CT molecular complexity index is 526. The second kappa shape index (κ2) is 7.96. The first kappa shape index (κ1) is 15.7. The summed E-state index contributed by atoms with van der Waals surface area (Å²) in [4.78, 5) is 0. The van der Waals surface area contributed by atoms with Gasteiger partial charge in [-0.2, -0.15) is 0 Å². The number of benzene rings is 2. The average Bonchev–Trinajstić information content (AvgIpc) is 2.50. The van der Waals surface area contributed by atoms with Crippen LogP contribution < -0.4 is 10.6 Å². The van der Waals surface area contributed by atoms with Gasteiger partial charge in [-0.15, -0.1) is 0 Å². The molecular weight excluding hydrogens is 256 g/mol. The van der Waals surface area contributed by atoms with Gasteiger partial charge in [0.15, 0.2) is 0 Å². The second-order valence-electron chi connectivity index (χ2n) is 5.85. The van der Waals surface area contributed by atoms with Gasteiger partial charge in [0.1, 0.15) is 0 Å². The minimum Gasteiger partial charge on any atom is -0.316 e. The largest absolute Gasteiger partial charge is 0.316 e. The first-order valence-corrected chi connectivity index (χ1v) is 7.71. The van der Waals surface area contributed by atoms with Gasteiger partial charge in [0, 0.05) is 19.6 Å². The summed E-state index contributed by atoms with van der Waals surface area (Å²) in [6.45, 7) is 7.20. The highest BCUT2D eigenvalue weighted by molar-refractivity contribution is 5.25. The van der Waals surface area contributed by atoms with Crippen molar-refractivity contribution in [3.63, 3.8) is 0 Å². The SMILES string of the molecule is CNCc1ccc(CNCc2ccc(C(C)C)cc2)cc1. The molecule has 112 valence electrons. The molecule has 2 N–H and O–H groups in total. The maximum absolute atomic E-state index is 3.50. The van der Waals surface area contributed by atoms with E-state index < -0.39 is 0 Å². The van der Waals surface area contributed by atoms with Crippen LogP contribution in [0.25, 0.3) is 0 Å². The smallest absolute Gasteiger partial charge is 0.0208 e. The predicted molar refractivity (Wildman–Crippen MR) is 90.3 cm³/mol. The summed E-state index contributed by atoms with van der Waals surface area (Å²) < 4.78 is 0. The lowest BCUT2D eigenvalue weighted by Crippen LogP contribution is -2.13. The van der Waals surface area contributed by atoms with Gasteiger partial charge >= 0.3 is 0 Å².